The molecule has 1 aliphatic rings. The average molecular weight is 286 g/mol. The summed E-state index contributed by atoms with van der Waals surface area (Å²) in [6, 6.07) is 0.373. The number of imidazole rings is 1. The Hall–Kier alpha value is -0.920. The number of unbranched alkanes of at least 4 members (excludes halogenated alkanes) is 1. The lowest BCUT2D eigenvalue weighted by Crippen LogP contribution is -2.30. The van der Waals surface area contributed by atoms with Crippen LogP contribution in [0.4, 0.5) is 0 Å². The number of nitrogens with zero attached hydrogens (tertiary/aromatic N) is 1. The first kappa shape index (κ1) is 14.5. The van der Waals surface area contributed by atoms with Gasteiger partial charge in [-0.1, -0.05) is 0 Å². The molecule has 19 heavy (non-hydrogen) atoms. The summed E-state index contributed by atoms with van der Waals surface area (Å²) >= 11 is 0. The van der Waals surface area contributed by atoms with Crippen molar-refractivity contribution in [3.8, 4) is 0 Å². The highest BCUT2D eigenvalue weighted by Gasteiger charge is 2.20. The summed E-state index contributed by atoms with van der Waals surface area (Å²) in [6.45, 7) is 2.69. The van der Waals surface area contributed by atoms with E-state index in [0.29, 0.717) is 18.3 Å². The molecule has 1 heterocycles. The van der Waals surface area contributed by atoms with Gasteiger partial charge in [-0.25, -0.2) is 18.1 Å². The molecule has 0 aromatic carbocycles. The largest absolute Gasteiger partial charge is 0.347 e. The monoisotopic (exact) mass is 286 g/mol. The van der Waals surface area contributed by atoms with Crippen molar-refractivity contribution >= 4 is 10.0 Å². The zero-order valence-electron chi connectivity index (χ0n) is 11.2. The van der Waals surface area contributed by atoms with Gasteiger partial charge in [0.2, 0.25) is 10.0 Å². The van der Waals surface area contributed by atoms with Gasteiger partial charge in [-0.05, 0) is 39.2 Å². The quantitative estimate of drug-likeness (QED) is 0.589. The van der Waals surface area contributed by atoms with Gasteiger partial charge in [0.1, 0.15) is 5.82 Å². The molecule has 0 spiro atoms. The number of sulfonamides is 1. The second-order valence-corrected chi connectivity index (χ2v) is 6.94. The average Bonchev–Trinajstić information content (AvgIpc) is 3.00. The number of H-pyrrole nitrogens is 1. The summed E-state index contributed by atoms with van der Waals surface area (Å²) in [5.74, 6) is 0.809. The lowest BCUT2D eigenvalue weighted by molar-refractivity contribution is 0.554. The van der Waals surface area contributed by atoms with Crippen molar-refractivity contribution in [2.75, 3.05) is 12.3 Å². The second kappa shape index (κ2) is 6.49. The molecule has 1 aromatic heterocycles. The maximum absolute atomic E-state index is 11.9. The van der Waals surface area contributed by atoms with Gasteiger partial charge >= 0.3 is 0 Å². The fourth-order valence-corrected chi connectivity index (χ4v) is 3.26. The van der Waals surface area contributed by atoms with Crippen LogP contribution in [-0.4, -0.2) is 36.7 Å². The third-order valence-corrected chi connectivity index (χ3v) is 4.67. The van der Waals surface area contributed by atoms with Gasteiger partial charge in [-0.2, -0.15) is 0 Å². The molecule has 1 atom stereocenters. The van der Waals surface area contributed by atoms with Gasteiger partial charge in [-0.15, -0.1) is 0 Å². The molecule has 6 nitrogen and oxygen atoms in total. The van der Waals surface area contributed by atoms with Gasteiger partial charge in [0, 0.05) is 18.4 Å². The Morgan fingerprint density at radius 3 is 2.89 bits per heavy atom. The van der Waals surface area contributed by atoms with Crippen LogP contribution in [0.5, 0.6) is 0 Å². The molecule has 0 radical (unpaired) electrons. The lowest BCUT2D eigenvalue weighted by atomic mass is 10.3. The SMILES string of the molecule is CC(NS(=O)(=O)CCCCNC1CC1)c1ncc[nH]1. The van der Waals surface area contributed by atoms with E-state index in [4.69, 9.17) is 0 Å². The lowest BCUT2D eigenvalue weighted by Gasteiger charge is -2.12. The minimum absolute atomic E-state index is 0.171. The number of aromatic amines is 1. The van der Waals surface area contributed by atoms with E-state index in [1.165, 1.54) is 12.8 Å². The first-order valence-electron chi connectivity index (χ1n) is 6.79. The summed E-state index contributed by atoms with van der Waals surface area (Å²) in [4.78, 5) is 6.95. The third-order valence-electron chi connectivity index (χ3n) is 3.14. The Bertz CT molecular complexity index is 468. The van der Waals surface area contributed by atoms with Crippen LogP contribution >= 0.6 is 0 Å². The Kier molecular flexibility index (Phi) is 4.95. The van der Waals surface area contributed by atoms with Crippen molar-refractivity contribution in [2.45, 2.75) is 44.7 Å². The number of rotatable bonds is 9. The summed E-state index contributed by atoms with van der Waals surface area (Å²) in [6.07, 6.45) is 7.40. The van der Waals surface area contributed by atoms with Crippen molar-refractivity contribution in [1.82, 2.24) is 20.0 Å². The number of aromatic nitrogens is 2. The van der Waals surface area contributed by atoms with Gasteiger partial charge in [0.05, 0.1) is 11.8 Å². The molecule has 1 saturated carbocycles. The molecule has 3 N–H and O–H groups in total. The molecule has 0 amide bonds. The number of hydrogen-bond acceptors (Lipinski definition) is 4. The molecule has 0 aliphatic heterocycles. The molecular formula is C12H22N4O2S. The van der Waals surface area contributed by atoms with Crippen LogP contribution < -0.4 is 10.0 Å². The third kappa shape index (κ3) is 5.30. The summed E-state index contributed by atoms with van der Waals surface area (Å²) in [5, 5.41) is 3.38. The highest BCUT2D eigenvalue weighted by molar-refractivity contribution is 7.89. The van der Waals surface area contributed by atoms with E-state index >= 15 is 0 Å². The first-order valence-corrected chi connectivity index (χ1v) is 8.45. The molecule has 0 saturated heterocycles. The summed E-state index contributed by atoms with van der Waals surface area (Å²) in [5.41, 5.74) is 0. The molecule has 1 unspecified atom stereocenters. The molecule has 1 fully saturated rings. The van der Waals surface area contributed by atoms with E-state index in [1.54, 1.807) is 19.3 Å². The van der Waals surface area contributed by atoms with Crippen molar-refractivity contribution < 1.29 is 8.42 Å². The molecule has 2 rings (SSSR count). The Balaban J connectivity index is 1.65. The molecular weight excluding hydrogens is 264 g/mol. The maximum Gasteiger partial charge on any atom is 0.212 e. The van der Waals surface area contributed by atoms with E-state index in [9.17, 15) is 8.42 Å². The standard InChI is InChI=1S/C12H22N4O2S/c1-10(12-14-7-8-15-12)16-19(17,18)9-3-2-6-13-11-4-5-11/h7-8,10-11,13,16H,2-6,9H2,1H3,(H,14,15). The zero-order chi connectivity index (χ0) is 13.7. The molecule has 108 valence electrons. The summed E-state index contributed by atoms with van der Waals surface area (Å²) < 4.78 is 26.4. The van der Waals surface area contributed by atoms with E-state index < -0.39 is 10.0 Å². The summed E-state index contributed by atoms with van der Waals surface area (Å²) in [7, 11) is -3.23. The first-order chi connectivity index (χ1) is 9.07. The van der Waals surface area contributed by atoms with E-state index in [0.717, 1.165) is 13.0 Å². The van der Waals surface area contributed by atoms with Crippen molar-refractivity contribution in [3.63, 3.8) is 0 Å². The Labute approximate surface area is 114 Å². The van der Waals surface area contributed by atoms with E-state index in [2.05, 4.69) is 20.0 Å². The fraction of sp³-hybridized carbons (Fsp3) is 0.750. The van der Waals surface area contributed by atoms with E-state index in [-0.39, 0.29) is 11.8 Å². The van der Waals surface area contributed by atoms with Crippen molar-refractivity contribution in [1.29, 1.82) is 0 Å². The van der Waals surface area contributed by atoms with Crippen LogP contribution in [-0.2, 0) is 10.0 Å². The van der Waals surface area contributed by atoms with Crippen molar-refractivity contribution in [2.24, 2.45) is 0 Å². The Morgan fingerprint density at radius 1 is 1.47 bits per heavy atom. The maximum atomic E-state index is 11.9. The van der Waals surface area contributed by atoms with Crippen LogP contribution in [0.25, 0.3) is 0 Å². The molecule has 1 aliphatic carbocycles. The molecule has 7 heteroatoms. The van der Waals surface area contributed by atoms with Gasteiger partial charge in [-0.3, -0.25) is 0 Å². The van der Waals surface area contributed by atoms with Gasteiger partial charge < -0.3 is 10.3 Å². The number of nitrogens with one attached hydrogen (secondary N) is 3. The van der Waals surface area contributed by atoms with Gasteiger partial charge in [0.25, 0.3) is 0 Å². The van der Waals surface area contributed by atoms with Crippen LogP contribution in [0.1, 0.15) is 44.5 Å². The topological polar surface area (TPSA) is 86.9 Å². The van der Waals surface area contributed by atoms with Gasteiger partial charge in [0.15, 0.2) is 0 Å². The van der Waals surface area contributed by atoms with Crippen LogP contribution in [0.2, 0.25) is 0 Å². The highest BCUT2D eigenvalue weighted by Crippen LogP contribution is 2.18. The molecule has 1 aromatic rings. The fourth-order valence-electron chi connectivity index (χ4n) is 1.91. The highest BCUT2D eigenvalue weighted by atomic mass is 32.2. The minimum Gasteiger partial charge on any atom is -0.347 e. The van der Waals surface area contributed by atoms with Crippen molar-refractivity contribution in [3.05, 3.63) is 18.2 Å². The van der Waals surface area contributed by atoms with Crippen LogP contribution in [0.15, 0.2) is 12.4 Å². The Morgan fingerprint density at radius 2 is 2.26 bits per heavy atom. The zero-order valence-corrected chi connectivity index (χ0v) is 12.0. The second-order valence-electron chi connectivity index (χ2n) is 5.07. The predicted molar refractivity (Wildman–Crippen MR) is 74.2 cm³/mol. The van der Waals surface area contributed by atoms with E-state index in [1.807, 2.05) is 0 Å². The normalized spacial score (nSPS) is 17.5. The van der Waals surface area contributed by atoms with Crippen LogP contribution in [0.3, 0.4) is 0 Å². The predicted octanol–water partition coefficient (Wildman–Crippen LogP) is 0.922. The smallest absolute Gasteiger partial charge is 0.212 e. The number of hydrogen-bond donors (Lipinski definition) is 3. The van der Waals surface area contributed by atoms with Crippen LogP contribution in [0, 0.1) is 0 Å². The molecule has 0 bridgehead atoms. The minimum atomic E-state index is -3.23.